The van der Waals surface area contributed by atoms with Gasteiger partial charge in [-0.25, -0.2) is 0 Å². The molecule has 1 aliphatic rings. The van der Waals surface area contributed by atoms with Gasteiger partial charge in [0.15, 0.2) is 0 Å². The van der Waals surface area contributed by atoms with Gasteiger partial charge in [-0.1, -0.05) is 25.1 Å². The maximum atomic E-state index is 5.71. The minimum Gasteiger partial charge on any atom is -0.382 e. The van der Waals surface area contributed by atoms with Crippen LogP contribution in [0.5, 0.6) is 0 Å². The van der Waals surface area contributed by atoms with Crippen LogP contribution in [-0.4, -0.2) is 25.9 Å². The van der Waals surface area contributed by atoms with E-state index in [-0.39, 0.29) is 0 Å². The summed E-state index contributed by atoms with van der Waals surface area (Å²) in [6, 6.07) is 8.88. The van der Waals surface area contributed by atoms with Gasteiger partial charge in [-0.15, -0.1) is 0 Å². The van der Waals surface area contributed by atoms with E-state index in [1.165, 1.54) is 11.3 Å². The first kappa shape index (κ1) is 13.4. The van der Waals surface area contributed by atoms with Crippen molar-refractivity contribution in [2.24, 2.45) is 0 Å². The molecule has 0 radical (unpaired) electrons. The molecule has 3 heteroatoms. The smallest absolute Gasteiger partial charge is 0.0733 e. The van der Waals surface area contributed by atoms with Crippen LogP contribution in [0.1, 0.15) is 31.7 Å². The standard InChI is InChI=1S/C15H23NO2/c1-3-14-10-13(8-9-18-14)16-15-7-5-4-6-12(15)11-17-2/h4-7,13-14,16H,3,8-11H2,1-2H3. The van der Waals surface area contributed by atoms with Crippen LogP contribution in [0.2, 0.25) is 0 Å². The second-order valence-corrected chi connectivity index (χ2v) is 4.86. The number of methoxy groups -OCH3 is 1. The molecule has 0 spiro atoms. The highest BCUT2D eigenvalue weighted by Crippen LogP contribution is 2.23. The maximum Gasteiger partial charge on any atom is 0.0733 e. The number of hydrogen-bond acceptors (Lipinski definition) is 3. The fourth-order valence-corrected chi connectivity index (χ4v) is 2.46. The lowest BCUT2D eigenvalue weighted by atomic mass is 10.0. The van der Waals surface area contributed by atoms with Crippen LogP contribution in [-0.2, 0) is 16.1 Å². The second kappa shape index (κ2) is 6.76. The third-order valence-corrected chi connectivity index (χ3v) is 3.50. The Hall–Kier alpha value is -1.06. The van der Waals surface area contributed by atoms with Crippen molar-refractivity contribution in [1.82, 2.24) is 0 Å². The molecule has 0 saturated carbocycles. The highest BCUT2D eigenvalue weighted by Gasteiger charge is 2.21. The summed E-state index contributed by atoms with van der Waals surface area (Å²) in [6.07, 6.45) is 3.68. The van der Waals surface area contributed by atoms with E-state index in [1.807, 2.05) is 0 Å². The van der Waals surface area contributed by atoms with Crippen molar-refractivity contribution in [3.63, 3.8) is 0 Å². The highest BCUT2D eigenvalue weighted by atomic mass is 16.5. The van der Waals surface area contributed by atoms with Crippen molar-refractivity contribution in [3.8, 4) is 0 Å². The molecule has 0 aliphatic carbocycles. The van der Waals surface area contributed by atoms with E-state index in [1.54, 1.807) is 7.11 Å². The van der Waals surface area contributed by atoms with E-state index in [0.717, 1.165) is 25.9 Å². The van der Waals surface area contributed by atoms with Crippen LogP contribution in [0.25, 0.3) is 0 Å². The molecular formula is C15H23NO2. The zero-order valence-electron chi connectivity index (χ0n) is 11.3. The predicted molar refractivity (Wildman–Crippen MR) is 73.8 cm³/mol. The predicted octanol–water partition coefficient (Wildman–Crippen LogP) is 3.20. The molecule has 3 nitrogen and oxygen atoms in total. The van der Waals surface area contributed by atoms with Crippen LogP contribution in [0.3, 0.4) is 0 Å². The van der Waals surface area contributed by atoms with Crippen LogP contribution in [0, 0.1) is 0 Å². The number of rotatable bonds is 5. The highest BCUT2D eigenvalue weighted by molar-refractivity contribution is 5.51. The molecule has 0 amide bonds. The zero-order valence-corrected chi connectivity index (χ0v) is 11.3. The molecule has 1 heterocycles. The van der Waals surface area contributed by atoms with Crippen molar-refractivity contribution >= 4 is 5.69 Å². The first-order chi connectivity index (χ1) is 8.83. The van der Waals surface area contributed by atoms with Crippen LogP contribution < -0.4 is 5.32 Å². The van der Waals surface area contributed by atoms with Crippen molar-refractivity contribution in [2.45, 2.75) is 44.9 Å². The largest absolute Gasteiger partial charge is 0.382 e. The van der Waals surface area contributed by atoms with Gasteiger partial charge in [-0.05, 0) is 25.3 Å². The van der Waals surface area contributed by atoms with Gasteiger partial charge in [0.2, 0.25) is 0 Å². The Kier molecular flexibility index (Phi) is 5.02. The van der Waals surface area contributed by atoms with Crippen molar-refractivity contribution < 1.29 is 9.47 Å². The molecular weight excluding hydrogens is 226 g/mol. The molecule has 1 aliphatic heterocycles. The van der Waals surface area contributed by atoms with Crippen LogP contribution in [0.15, 0.2) is 24.3 Å². The number of nitrogens with one attached hydrogen (secondary N) is 1. The Morgan fingerprint density at radius 2 is 2.22 bits per heavy atom. The summed E-state index contributed by atoms with van der Waals surface area (Å²) < 4.78 is 10.9. The lowest BCUT2D eigenvalue weighted by Gasteiger charge is -2.30. The molecule has 0 bridgehead atoms. The van der Waals surface area contributed by atoms with Gasteiger partial charge < -0.3 is 14.8 Å². The number of ether oxygens (including phenoxy) is 2. The van der Waals surface area contributed by atoms with Gasteiger partial charge >= 0.3 is 0 Å². The molecule has 1 saturated heterocycles. The van der Waals surface area contributed by atoms with E-state index in [9.17, 15) is 0 Å². The lowest BCUT2D eigenvalue weighted by molar-refractivity contribution is 0.00923. The fourth-order valence-electron chi connectivity index (χ4n) is 2.46. The third kappa shape index (κ3) is 3.47. The first-order valence-electron chi connectivity index (χ1n) is 6.78. The van der Waals surface area contributed by atoms with Crippen molar-refractivity contribution in [3.05, 3.63) is 29.8 Å². The van der Waals surface area contributed by atoms with Gasteiger partial charge in [-0.2, -0.15) is 0 Å². The summed E-state index contributed by atoms with van der Waals surface area (Å²) in [7, 11) is 1.73. The molecule has 1 fully saturated rings. The van der Waals surface area contributed by atoms with E-state index >= 15 is 0 Å². The average Bonchev–Trinajstić information content (AvgIpc) is 2.41. The third-order valence-electron chi connectivity index (χ3n) is 3.50. The summed E-state index contributed by atoms with van der Waals surface area (Å²) in [6.45, 7) is 3.71. The molecule has 18 heavy (non-hydrogen) atoms. The fraction of sp³-hybridized carbons (Fsp3) is 0.600. The van der Waals surface area contributed by atoms with Gasteiger partial charge in [-0.3, -0.25) is 0 Å². The summed E-state index contributed by atoms with van der Waals surface area (Å²) in [4.78, 5) is 0. The van der Waals surface area contributed by atoms with E-state index < -0.39 is 0 Å². The first-order valence-corrected chi connectivity index (χ1v) is 6.78. The lowest BCUT2D eigenvalue weighted by Crippen LogP contribution is -2.33. The van der Waals surface area contributed by atoms with Crippen molar-refractivity contribution in [2.75, 3.05) is 19.0 Å². The number of anilines is 1. The van der Waals surface area contributed by atoms with Gasteiger partial charge in [0.1, 0.15) is 0 Å². The Morgan fingerprint density at radius 3 is 3.00 bits per heavy atom. The monoisotopic (exact) mass is 249 g/mol. The Labute approximate surface area is 109 Å². The summed E-state index contributed by atoms with van der Waals surface area (Å²) in [5.41, 5.74) is 2.42. The molecule has 2 atom stereocenters. The average molecular weight is 249 g/mol. The SMILES string of the molecule is CCC1CC(Nc2ccccc2COC)CCO1. The molecule has 2 rings (SSSR count). The number of benzene rings is 1. The van der Waals surface area contributed by atoms with E-state index in [2.05, 4.69) is 36.5 Å². The minimum absolute atomic E-state index is 0.408. The summed E-state index contributed by atoms with van der Waals surface area (Å²) in [5.74, 6) is 0. The molecule has 1 aromatic carbocycles. The number of hydrogen-bond donors (Lipinski definition) is 1. The van der Waals surface area contributed by atoms with Gasteiger partial charge in [0.05, 0.1) is 12.7 Å². The molecule has 2 unspecified atom stereocenters. The van der Waals surface area contributed by atoms with Crippen LogP contribution >= 0.6 is 0 Å². The van der Waals surface area contributed by atoms with Gasteiger partial charge in [0.25, 0.3) is 0 Å². The Bertz CT molecular complexity index is 367. The quantitative estimate of drug-likeness (QED) is 0.869. The minimum atomic E-state index is 0.408. The summed E-state index contributed by atoms with van der Waals surface area (Å²) in [5, 5.41) is 3.64. The zero-order chi connectivity index (χ0) is 12.8. The Balaban J connectivity index is 1.99. The Morgan fingerprint density at radius 1 is 1.39 bits per heavy atom. The number of para-hydroxylation sites is 1. The van der Waals surface area contributed by atoms with E-state index in [0.29, 0.717) is 18.8 Å². The second-order valence-electron chi connectivity index (χ2n) is 4.86. The molecule has 1 aromatic rings. The van der Waals surface area contributed by atoms with Crippen LogP contribution in [0.4, 0.5) is 5.69 Å². The van der Waals surface area contributed by atoms with Gasteiger partial charge in [0, 0.05) is 31.0 Å². The summed E-state index contributed by atoms with van der Waals surface area (Å²) >= 11 is 0. The molecule has 100 valence electrons. The van der Waals surface area contributed by atoms with Crippen molar-refractivity contribution in [1.29, 1.82) is 0 Å². The normalized spacial score (nSPS) is 23.9. The molecule has 1 N–H and O–H groups in total. The maximum absolute atomic E-state index is 5.71. The van der Waals surface area contributed by atoms with E-state index in [4.69, 9.17) is 9.47 Å². The topological polar surface area (TPSA) is 30.5 Å². The molecule has 0 aromatic heterocycles.